The Balaban J connectivity index is 0.000000271. The van der Waals surface area contributed by atoms with Gasteiger partial charge < -0.3 is 15.1 Å². The van der Waals surface area contributed by atoms with Gasteiger partial charge >= 0.3 is 24.3 Å². The summed E-state index contributed by atoms with van der Waals surface area (Å²) in [6.07, 6.45) is -4.84. The van der Waals surface area contributed by atoms with E-state index in [-0.39, 0.29) is 11.8 Å². The summed E-state index contributed by atoms with van der Waals surface area (Å²) in [4.78, 5) is 43.2. The predicted octanol–water partition coefficient (Wildman–Crippen LogP) is 2.84. The number of carboxylic acids is 2. The van der Waals surface area contributed by atoms with Gasteiger partial charge in [-0.3, -0.25) is 19.7 Å². The predicted molar refractivity (Wildman–Crippen MR) is 110 cm³/mol. The number of fused-ring (bicyclic) bond motifs is 1. The van der Waals surface area contributed by atoms with Crippen molar-refractivity contribution in [3.8, 4) is 0 Å². The highest BCUT2D eigenvalue weighted by Crippen LogP contribution is 2.35. The van der Waals surface area contributed by atoms with Gasteiger partial charge in [-0.2, -0.15) is 26.3 Å². The van der Waals surface area contributed by atoms with Crippen molar-refractivity contribution in [2.24, 2.45) is 11.8 Å². The number of hydrogen-bond acceptors (Lipinski definition) is 6. The van der Waals surface area contributed by atoms with Crippen LogP contribution >= 0.6 is 0 Å². The molecular weight excluding hydrogens is 502 g/mol. The van der Waals surface area contributed by atoms with Crippen LogP contribution < -0.4 is 4.90 Å². The molecule has 2 N–H and O–H groups in total. The topological polar surface area (TPSA) is 124 Å². The van der Waals surface area contributed by atoms with Crippen LogP contribution in [0.4, 0.5) is 32.0 Å². The average Bonchev–Trinajstić information content (AvgIpc) is 3.33. The van der Waals surface area contributed by atoms with Gasteiger partial charge in [0.15, 0.2) is 0 Å². The number of carbonyl (C=O) groups excluding carboxylic acids is 1. The van der Waals surface area contributed by atoms with Crippen molar-refractivity contribution in [2.75, 3.05) is 24.5 Å². The van der Waals surface area contributed by atoms with E-state index in [2.05, 4.69) is 14.9 Å². The van der Waals surface area contributed by atoms with E-state index < -0.39 is 24.3 Å². The molecule has 196 valence electrons. The number of halogens is 6. The van der Waals surface area contributed by atoms with Crippen molar-refractivity contribution in [1.29, 1.82) is 0 Å². The van der Waals surface area contributed by atoms with Crippen molar-refractivity contribution in [3.63, 3.8) is 0 Å². The number of alkyl halides is 6. The van der Waals surface area contributed by atoms with E-state index in [0.29, 0.717) is 5.92 Å². The van der Waals surface area contributed by atoms with Crippen molar-refractivity contribution >= 4 is 23.5 Å². The number of carboxylic acid groups (broad SMARTS) is 2. The minimum absolute atomic E-state index is 0.115. The third-order valence-corrected chi connectivity index (χ3v) is 5.07. The summed E-state index contributed by atoms with van der Waals surface area (Å²) in [5.41, 5.74) is 1.98. The number of hydrogen-bond donors (Lipinski definition) is 2. The fourth-order valence-corrected chi connectivity index (χ4v) is 3.55. The Hall–Kier alpha value is -3.75. The Morgan fingerprint density at radius 2 is 1.53 bits per heavy atom. The van der Waals surface area contributed by atoms with Gasteiger partial charge in [-0.05, 0) is 24.3 Å². The number of rotatable bonds is 3. The van der Waals surface area contributed by atoms with E-state index in [4.69, 9.17) is 19.8 Å². The molecule has 9 nitrogen and oxygen atoms in total. The number of aromatic nitrogens is 2. The molecular formula is C21H20F6N4O5. The van der Waals surface area contributed by atoms with Gasteiger partial charge in [0.1, 0.15) is 0 Å². The Morgan fingerprint density at radius 1 is 0.917 bits per heavy atom. The number of likely N-dealkylation sites (tertiary alicyclic amines) is 1. The SMILES string of the molecule is O=C(O)C(F)(F)F.O=C(O)C(F)(F)F.O=C1[C@H]2CN(Cc3ccccn3)C[C@H]2CN1c1cccnc1. The maximum Gasteiger partial charge on any atom is 0.490 e. The monoisotopic (exact) mass is 522 g/mol. The molecule has 2 aromatic rings. The van der Waals surface area contributed by atoms with E-state index in [1.807, 2.05) is 41.4 Å². The van der Waals surface area contributed by atoms with Gasteiger partial charge in [0.25, 0.3) is 0 Å². The molecule has 0 aromatic carbocycles. The smallest absolute Gasteiger partial charge is 0.475 e. The molecule has 0 saturated carbocycles. The Morgan fingerprint density at radius 3 is 1.97 bits per heavy atom. The van der Waals surface area contributed by atoms with Gasteiger partial charge in [-0.15, -0.1) is 0 Å². The van der Waals surface area contributed by atoms with E-state index in [1.165, 1.54) is 0 Å². The average molecular weight is 522 g/mol. The lowest BCUT2D eigenvalue weighted by molar-refractivity contribution is -0.193. The molecule has 2 atom stereocenters. The van der Waals surface area contributed by atoms with Gasteiger partial charge in [-0.25, -0.2) is 9.59 Å². The summed E-state index contributed by atoms with van der Waals surface area (Å²) >= 11 is 0. The molecule has 0 aliphatic carbocycles. The van der Waals surface area contributed by atoms with Crippen LogP contribution in [0.2, 0.25) is 0 Å². The van der Waals surface area contributed by atoms with Gasteiger partial charge in [0.05, 0.1) is 23.5 Å². The summed E-state index contributed by atoms with van der Waals surface area (Å²) in [5.74, 6) is -4.75. The molecule has 15 heteroatoms. The lowest BCUT2D eigenvalue weighted by Gasteiger charge is -2.21. The number of amides is 1. The first-order chi connectivity index (χ1) is 16.7. The molecule has 2 aromatic heterocycles. The zero-order valence-corrected chi connectivity index (χ0v) is 18.3. The van der Waals surface area contributed by atoms with Crippen molar-refractivity contribution in [1.82, 2.24) is 14.9 Å². The fraction of sp³-hybridized carbons (Fsp3) is 0.381. The van der Waals surface area contributed by atoms with Crippen LogP contribution in [0.15, 0.2) is 48.9 Å². The summed E-state index contributed by atoms with van der Waals surface area (Å²) < 4.78 is 63.5. The fourth-order valence-electron chi connectivity index (χ4n) is 3.55. The Bertz CT molecular complexity index is 1010. The third kappa shape index (κ3) is 8.18. The molecule has 36 heavy (non-hydrogen) atoms. The summed E-state index contributed by atoms with van der Waals surface area (Å²) in [7, 11) is 0. The second kappa shape index (κ2) is 11.8. The van der Waals surface area contributed by atoms with Gasteiger partial charge in [0, 0.05) is 44.5 Å². The van der Waals surface area contributed by atoms with Crippen LogP contribution in [0.3, 0.4) is 0 Å². The molecule has 0 spiro atoms. The first-order valence-corrected chi connectivity index (χ1v) is 10.1. The first kappa shape index (κ1) is 28.5. The molecule has 0 radical (unpaired) electrons. The highest BCUT2D eigenvalue weighted by atomic mass is 19.4. The molecule has 2 aliphatic heterocycles. The molecule has 1 amide bonds. The second-order valence-electron chi connectivity index (χ2n) is 7.65. The maximum atomic E-state index is 12.6. The quantitative estimate of drug-likeness (QED) is 0.590. The van der Waals surface area contributed by atoms with Crippen LogP contribution in [0.5, 0.6) is 0 Å². The number of carbonyl (C=O) groups is 3. The van der Waals surface area contributed by atoms with Crippen LogP contribution in [0, 0.1) is 11.8 Å². The zero-order chi connectivity index (χ0) is 27.1. The lowest BCUT2D eigenvalue weighted by atomic mass is 10.0. The van der Waals surface area contributed by atoms with Crippen LogP contribution in [0.25, 0.3) is 0 Å². The molecule has 2 fully saturated rings. The minimum atomic E-state index is -5.08. The minimum Gasteiger partial charge on any atom is -0.475 e. The standard InChI is InChI=1S/C17H18N4O.2C2HF3O2/c22-17-16-12-20(11-14-4-1-2-7-19-14)9-13(16)10-21(17)15-5-3-6-18-8-15;2*3-2(4,5)1(6)7/h1-8,13,16H,9-12H2;2*(H,6,7)/t13-,16-;;/m0../s1. The maximum absolute atomic E-state index is 12.6. The van der Waals surface area contributed by atoms with Gasteiger partial charge in [-0.1, -0.05) is 6.07 Å². The molecule has 0 bridgehead atoms. The number of aliphatic carboxylic acids is 2. The van der Waals surface area contributed by atoms with Gasteiger partial charge in [0.2, 0.25) is 5.91 Å². The summed E-state index contributed by atoms with van der Waals surface area (Å²) in [5, 5.41) is 14.2. The van der Waals surface area contributed by atoms with Crippen LogP contribution in [-0.4, -0.2) is 74.9 Å². The van der Waals surface area contributed by atoms with E-state index in [1.54, 1.807) is 12.4 Å². The summed E-state index contributed by atoms with van der Waals surface area (Å²) in [6, 6.07) is 9.81. The number of nitrogens with zero attached hydrogens (tertiary/aromatic N) is 4. The molecule has 2 aliphatic rings. The first-order valence-electron chi connectivity index (χ1n) is 10.1. The largest absolute Gasteiger partial charge is 0.490 e. The zero-order valence-electron chi connectivity index (χ0n) is 18.3. The van der Waals surface area contributed by atoms with Crippen molar-refractivity contribution in [3.05, 3.63) is 54.6 Å². The van der Waals surface area contributed by atoms with Crippen molar-refractivity contribution in [2.45, 2.75) is 18.9 Å². The second-order valence-corrected chi connectivity index (χ2v) is 7.65. The molecule has 4 rings (SSSR count). The summed E-state index contributed by atoms with van der Waals surface area (Å²) in [6.45, 7) is 3.42. The van der Waals surface area contributed by atoms with E-state index >= 15 is 0 Å². The lowest BCUT2D eigenvalue weighted by Crippen LogP contribution is -2.32. The normalized spacial score (nSPS) is 19.5. The van der Waals surface area contributed by atoms with Crippen LogP contribution in [0.1, 0.15) is 5.69 Å². The van der Waals surface area contributed by atoms with Crippen LogP contribution in [-0.2, 0) is 20.9 Å². The number of pyridine rings is 2. The molecule has 2 saturated heterocycles. The Labute approximate surface area is 200 Å². The highest BCUT2D eigenvalue weighted by Gasteiger charge is 2.46. The number of anilines is 1. The highest BCUT2D eigenvalue weighted by molar-refractivity contribution is 5.97. The Kier molecular flexibility index (Phi) is 9.33. The van der Waals surface area contributed by atoms with E-state index in [9.17, 15) is 31.1 Å². The molecule has 4 heterocycles. The van der Waals surface area contributed by atoms with Crippen molar-refractivity contribution < 1.29 is 50.9 Å². The van der Waals surface area contributed by atoms with E-state index in [0.717, 1.165) is 37.6 Å². The third-order valence-electron chi connectivity index (χ3n) is 5.07. The molecule has 0 unspecified atom stereocenters.